The Morgan fingerprint density at radius 1 is 1.33 bits per heavy atom. The van der Waals surface area contributed by atoms with Gasteiger partial charge in [0, 0.05) is 36.2 Å². The Morgan fingerprint density at radius 2 is 2.12 bits per heavy atom. The SMILES string of the molecule is CN(C)[C@@H]1[C@@H](NC(=O)c2ccc(-n3ccnc3)cc2)[C@H]2CCO[C@H]21. The maximum atomic E-state index is 12.6. The molecule has 2 aliphatic rings. The molecule has 126 valence electrons. The van der Waals surface area contributed by atoms with Crippen LogP contribution >= 0.6 is 0 Å². The number of hydrogen-bond acceptors (Lipinski definition) is 4. The van der Waals surface area contributed by atoms with Crippen molar-refractivity contribution < 1.29 is 9.53 Å². The second-order valence-corrected chi connectivity index (χ2v) is 6.76. The van der Waals surface area contributed by atoms with Crippen LogP contribution in [0.15, 0.2) is 43.0 Å². The van der Waals surface area contributed by atoms with E-state index in [1.54, 1.807) is 12.5 Å². The van der Waals surface area contributed by atoms with Crippen molar-refractivity contribution in [3.05, 3.63) is 48.5 Å². The molecular weight excluding hydrogens is 304 g/mol. The zero-order chi connectivity index (χ0) is 16.7. The minimum atomic E-state index is -0.0191. The quantitative estimate of drug-likeness (QED) is 0.921. The van der Waals surface area contributed by atoms with Gasteiger partial charge >= 0.3 is 0 Å². The molecule has 1 aromatic carbocycles. The number of likely N-dealkylation sites (N-methyl/N-ethyl adjacent to an activating group) is 1. The number of carbonyl (C=O) groups is 1. The van der Waals surface area contributed by atoms with Crippen molar-refractivity contribution in [1.29, 1.82) is 0 Å². The molecule has 1 N–H and O–H groups in total. The molecule has 4 atom stereocenters. The van der Waals surface area contributed by atoms with Crippen molar-refractivity contribution in [2.75, 3.05) is 20.7 Å². The van der Waals surface area contributed by atoms with Crippen LogP contribution in [0.4, 0.5) is 0 Å². The second kappa shape index (κ2) is 6.03. The lowest BCUT2D eigenvalue weighted by molar-refractivity contribution is -0.0664. The lowest BCUT2D eigenvalue weighted by Gasteiger charge is -2.50. The van der Waals surface area contributed by atoms with E-state index >= 15 is 0 Å². The molecule has 6 heteroatoms. The first-order valence-corrected chi connectivity index (χ1v) is 8.32. The van der Waals surface area contributed by atoms with Crippen molar-refractivity contribution in [1.82, 2.24) is 19.8 Å². The first kappa shape index (κ1) is 15.4. The van der Waals surface area contributed by atoms with Gasteiger partial charge in [-0.1, -0.05) is 0 Å². The molecule has 2 fully saturated rings. The molecule has 2 aromatic rings. The van der Waals surface area contributed by atoms with Crippen LogP contribution < -0.4 is 5.32 Å². The largest absolute Gasteiger partial charge is 0.376 e. The molecule has 24 heavy (non-hydrogen) atoms. The lowest BCUT2D eigenvalue weighted by Crippen LogP contribution is -2.69. The third kappa shape index (κ3) is 2.52. The van der Waals surface area contributed by atoms with Gasteiger partial charge in [0.2, 0.25) is 0 Å². The van der Waals surface area contributed by atoms with E-state index < -0.39 is 0 Å². The minimum absolute atomic E-state index is 0.0191. The van der Waals surface area contributed by atoms with E-state index in [4.69, 9.17) is 4.74 Å². The van der Waals surface area contributed by atoms with Gasteiger partial charge in [-0.25, -0.2) is 4.98 Å². The van der Waals surface area contributed by atoms with Crippen LogP contribution in [0, 0.1) is 5.92 Å². The average molecular weight is 326 g/mol. The standard InChI is InChI=1S/C18H22N4O2/c1-21(2)16-15(14-7-10-24-17(14)16)20-18(23)12-3-5-13(6-4-12)22-9-8-19-11-22/h3-6,8-9,11,14-17H,7,10H2,1-2H3,(H,20,23)/t14-,15+,16-,17-/m1/s1. The number of nitrogens with zero attached hydrogens (tertiary/aromatic N) is 3. The summed E-state index contributed by atoms with van der Waals surface area (Å²) in [6.07, 6.45) is 6.64. The second-order valence-electron chi connectivity index (χ2n) is 6.76. The Kier molecular flexibility index (Phi) is 3.86. The number of benzene rings is 1. The van der Waals surface area contributed by atoms with E-state index in [1.165, 1.54) is 0 Å². The highest BCUT2D eigenvalue weighted by molar-refractivity contribution is 5.94. The van der Waals surface area contributed by atoms with E-state index in [0.717, 1.165) is 18.7 Å². The normalized spacial score (nSPS) is 28.5. The fourth-order valence-corrected chi connectivity index (χ4v) is 3.91. The summed E-state index contributed by atoms with van der Waals surface area (Å²) in [6.45, 7) is 0.797. The molecule has 0 bridgehead atoms. The summed E-state index contributed by atoms with van der Waals surface area (Å²) < 4.78 is 7.71. The minimum Gasteiger partial charge on any atom is -0.376 e. The summed E-state index contributed by atoms with van der Waals surface area (Å²) in [4.78, 5) is 18.8. The molecule has 0 unspecified atom stereocenters. The molecule has 4 rings (SSSR count). The number of carbonyl (C=O) groups excluding carboxylic acids is 1. The van der Waals surface area contributed by atoms with Crippen LogP contribution in [0.3, 0.4) is 0 Å². The lowest BCUT2D eigenvalue weighted by atomic mass is 9.71. The number of aromatic nitrogens is 2. The number of amides is 1. The van der Waals surface area contributed by atoms with Gasteiger partial charge in [0.05, 0.1) is 24.5 Å². The molecule has 1 aromatic heterocycles. The van der Waals surface area contributed by atoms with E-state index in [1.807, 2.05) is 49.1 Å². The molecule has 1 saturated carbocycles. The number of ether oxygens (including phenoxy) is 1. The van der Waals surface area contributed by atoms with Gasteiger partial charge < -0.3 is 19.5 Å². The third-order valence-corrected chi connectivity index (χ3v) is 5.18. The third-order valence-electron chi connectivity index (χ3n) is 5.18. The predicted octanol–water partition coefficient (Wildman–Crippen LogP) is 1.32. The molecule has 1 saturated heterocycles. The predicted molar refractivity (Wildman–Crippen MR) is 90.1 cm³/mol. The first-order valence-electron chi connectivity index (χ1n) is 8.32. The monoisotopic (exact) mass is 326 g/mol. The Bertz CT molecular complexity index is 711. The van der Waals surface area contributed by atoms with Crippen LogP contribution in [-0.2, 0) is 4.74 Å². The smallest absolute Gasteiger partial charge is 0.251 e. The van der Waals surface area contributed by atoms with Crippen LogP contribution in [0.5, 0.6) is 0 Å². The van der Waals surface area contributed by atoms with E-state index in [2.05, 4.69) is 15.2 Å². The Morgan fingerprint density at radius 3 is 2.79 bits per heavy atom. The van der Waals surface area contributed by atoms with Gasteiger partial charge in [-0.3, -0.25) is 4.79 Å². The molecule has 1 aliphatic heterocycles. The summed E-state index contributed by atoms with van der Waals surface area (Å²) in [5.74, 6) is 0.418. The van der Waals surface area contributed by atoms with Gasteiger partial charge in [0.25, 0.3) is 5.91 Å². The summed E-state index contributed by atoms with van der Waals surface area (Å²) in [5.41, 5.74) is 1.67. The zero-order valence-electron chi connectivity index (χ0n) is 13.9. The summed E-state index contributed by atoms with van der Waals surface area (Å²) in [5, 5.41) is 3.21. The molecular formula is C18H22N4O2. The van der Waals surface area contributed by atoms with Gasteiger partial charge in [0.15, 0.2) is 0 Å². The van der Waals surface area contributed by atoms with Crippen molar-refractivity contribution in [2.45, 2.75) is 24.6 Å². The van der Waals surface area contributed by atoms with Crippen molar-refractivity contribution >= 4 is 5.91 Å². The Hall–Kier alpha value is -2.18. The number of fused-ring (bicyclic) bond motifs is 1. The molecule has 0 radical (unpaired) electrons. The topological polar surface area (TPSA) is 59.4 Å². The van der Waals surface area contributed by atoms with Gasteiger partial charge in [-0.2, -0.15) is 0 Å². The highest BCUT2D eigenvalue weighted by Gasteiger charge is 2.55. The highest BCUT2D eigenvalue weighted by atomic mass is 16.5. The van der Waals surface area contributed by atoms with E-state index in [9.17, 15) is 4.79 Å². The molecule has 1 aliphatic carbocycles. The van der Waals surface area contributed by atoms with Crippen LogP contribution in [0.1, 0.15) is 16.8 Å². The Labute approximate surface area is 141 Å². The average Bonchev–Trinajstić information content (AvgIpc) is 3.22. The van der Waals surface area contributed by atoms with Crippen LogP contribution in [-0.4, -0.2) is 59.2 Å². The van der Waals surface area contributed by atoms with Gasteiger partial charge in [0.1, 0.15) is 0 Å². The Balaban J connectivity index is 1.46. The number of imidazole rings is 1. The van der Waals surface area contributed by atoms with Crippen molar-refractivity contribution in [3.63, 3.8) is 0 Å². The number of rotatable bonds is 4. The van der Waals surface area contributed by atoms with E-state index in [0.29, 0.717) is 11.5 Å². The van der Waals surface area contributed by atoms with Gasteiger partial charge in [-0.05, 0) is 44.8 Å². The molecule has 2 heterocycles. The molecule has 0 spiro atoms. The molecule has 1 amide bonds. The fraction of sp³-hybridized carbons (Fsp3) is 0.444. The van der Waals surface area contributed by atoms with Crippen LogP contribution in [0.25, 0.3) is 5.69 Å². The van der Waals surface area contributed by atoms with Crippen molar-refractivity contribution in [3.8, 4) is 5.69 Å². The van der Waals surface area contributed by atoms with Crippen molar-refractivity contribution in [2.24, 2.45) is 5.92 Å². The first-order chi connectivity index (χ1) is 11.6. The number of hydrogen-bond donors (Lipinski definition) is 1. The maximum Gasteiger partial charge on any atom is 0.251 e. The highest BCUT2D eigenvalue weighted by Crippen LogP contribution is 2.41. The number of nitrogens with one attached hydrogen (secondary N) is 1. The summed E-state index contributed by atoms with van der Waals surface area (Å²) in [7, 11) is 4.09. The van der Waals surface area contributed by atoms with E-state index in [-0.39, 0.29) is 24.1 Å². The fourth-order valence-electron chi connectivity index (χ4n) is 3.91. The van der Waals surface area contributed by atoms with Crippen LogP contribution in [0.2, 0.25) is 0 Å². The zero-order valence-corrected chi connectivity index (χ0v) is 13.9. The summed E-state index contributed by atoms with van der Waals surface area (Å²) in [6, 6.07) is 8.00. The maximum absolute atomic E-state index is 12.6. The molecule has 6 nitrogen and oxygen atoms in total. The summed E-state index contributed by atoms with van der Waals surface area (Å²) >= 11 is 0. The van der Waals surface area contributed by atoms with Gasteiger partial charge in [-0.15, -0.1) is 0 Å².